The average Bonchev–Trinajstić information content (AvgIpc) is 3.20. The Hall–Kier alpha value is -2.64. The number of carbonyl (C=O) groups is 2. The second kappa shape index (κ2) is 7.17. The molecule has 0 radical (unpaired) electrons. The summed E-state index contributed by atoms with van der Waals surface area (Å²) in [6.07, 6.45) is 6.20. The normalized spacial score (nSPS) is 15.0. The maximum atomic E-state index is 12.3. The van der Waals surface area contributed by atoms with E-state index >= 15 is 0 Å². The van der Waals surface area contributed by atoms with E-state index in [9.17, 15) is 9.59 Å². The summed E-state index contributed by atoms with van der Waals surface area (Å²) < 4.78 is 1.85. The van der Waals surface area contributed by atoms with Crippen molar-refractivity contribution in [3.63, 3.8) is 0 Å². The van der Waals surface area contributed by atoms with Gasteiger partial charge in [-0.15, -0.1) is 11.3 Å². The van der Waals surface area contributed by atoms with E-state index in [1.54, 1.807) is 6.08 Å². The summed E-state index contributed by atoms with van der Waals surface area (Å²) in [5, 5.41) is 8.10. The van der Waals surface area contributed by atoms with E-state index in [-0.39, 0.29) is 17.9 Å². The van der Waals surface area contributed by atoms with E-state index in [0.29, 0.717) is 23.7 Å². The van der Waals surface area contributed by atoms with E-state index < -0.39 is 0 Å². The molecule has 1 aliphatic rings. The number of fused-ring (bicyclic) bond motifs is 2. The van der Waals surface area contributed by atoms with E-state index in [4.69, 9.17) is 11.6 Å². The number of aromatic nitrogens is 2. The molecule has 0 aliphatic carbocycles. The van der Waals surface area contributed by atoms with Crippen molar-refractivity contribution < 1.29 is 9.59 Å². The van der Waals surface area contributed by atoms with Gasteiger partial charge in [0, 0.05) is 29.8 Å². The van der Waals surface area contributed by atoms with E-state index in [2.05, 4.69) is 15.6 Å². The van der Waals surface area contributed by atoms with Crippen molar-refractivity contribution in [2.75, 3.05) is 5.32 Å². The number of amides is 2. The third-order valence-corrected chi connectivity index (χ3v) is 5.57. The minimum absolute atomic E-state index is 0.0417. The number of halogens is 1. The van der Waals surface area contributed by atoms with Crippen LogP contribution < -0.4 is 10.6 Å². The molecule has 0 fully saturated rings. The van der Waals surface area contributed by atoms with Gasteiger partial charge in [-0.2, -0.15) is 0 Å². The molecular formula is C19H17ClN4O2S. The molecular weight excluding hydrogens is 384 g/mol. The van der Waals surface area contributed by atoms with Crippen LogP contribution in [0.15, 0.2) is 35.9 Å². The second-order valence-corrected chi connectivity index (χ2v) is 7.60. The third-order valence-electron chi connectivity index (χ3n) is 4.53. The number of nitrogens with zero attached hydrogens (tertiary/aromatic N) is 2. The van der Waals surface area contributed by atoms with Gasteiger partial charge in [0.05, 0.1) is 11.7 Å². The Morgan fingerprint density at radius 1 is 1.44 bits per heavy atom. The smallest absolute Gasteiger partial charge is 0.244 e. The highest BCUT2D eigenvalue weighted by molar-refractivity contribution is 7.15. The molecule has 138 valence electrons. The van der Waals surface area contributed by atoms with Crippen LogP contribution in [-0.2, 0) is 16.0 Å². The number of rotatable bonds is 4. The highest BCUT2D eigenvalue weighted by atomic mass is 35.5. The molecule has 2 aromatic heterocycles. The van der Waals surface area contributed by atoms with E-state index in [0.717, 1.165) is 21.8 Å². The van der Waals surface area contributed by atoms with Gasteiger partial charge in [0.2, 0.25) is 11.8 Å². The van der Waals surface area contributed by atoms with Gasteiger partial charge in [0.25, 0.3) is 0 Å². The number of hydrogen-bond donors (Lipinski definition) is 2. The van der Waals surface area contributed by atoms with Crippen molar-refractivity contribution in [2.45, 2.75) is 25.8 Å². The summed E-state index contributed by atoms with van der Waals surface area (Å²) in [5.41, 5.74) is 3.62. The van der Waals surface area contributed by atoms with Gasteiger partial charge < -0.3 is 10.6 Å². The zero-order valence-corrected chi connectivity index (χ0v) is 16.1. The standard InChI is InChI=1S/C19H17ClN4O2S/c1-11(12-2-4-14-13(10-12)3-6-17(26)22-14)21-16(25)7-5-15-18(20)23-19-24(15)8-9-27-19/h2,4-5,7-11H,3,6H2,1H3,(H,21,25)(H,22,26). The molecule has 1 atom stereocenters. The third kappa shape index (κ3) is 3.61. The summed E-state index contributed by atoms with van der Waals surface area (Å²) in [4.78, 5) is 28.8. The van der Waals surface area contributed by atoms with Crippen molar-refractivity contribution >= 4 is 51.5 Å². The molecule has 3 aromatic rings. The summed E-state index contributed by atoms with van der Waals surface area (Å²) in [5.74, 6) is -0.172. The van der Waals surface area contributed by atoms with Gasteiger partial charge in [-0.1, -0.05) is 23.7 Å². The van der Waals surface area contributed by atoms with Crippen LogP contribution in [0.5, 0.6) is 0 Å². The first-order valence-corrected chi connectivity index (χ1v) is 9.79. The number of imidazole rings is 1. The van der Waals surface area contributed by atoms with Crippen molar-refractivity contribution in [3.8, 4) is 0 Å². The fourth-order valence-corrected chi connectivity index (χ4v) is 4.10. The molecule has 1 aromatic carbocycles. The lowest BCUT2D eigenvalue weighted by molar-refractivity contribution is -0.117. The molecule has 2 N–H and O–H groups in total. The Morgan fingerprint density at radius 2 is 2.30 bits per heavy atom. The van der Waals surface area contributed by atoms with Crippen molar-refractivity contribution in [2.24, 2.45) is 0 Å². The van der Waals surface area contributed by atoms with Gasteiger partial charge >= 0.3 is 0 Å². The van der Waals surface area contributed by atoms with Crippen LogP contribution >= 0.6 is 22.9 Å². The average molecular weight is 401 g/mol. The second-order valence-electron chi connectivity index (χ2n) is 6.37. The molecule has 0 saturated heterocycles. The number of benzene rings is 1. The summed E-state index contributed by atoms with van der Waals surface area (Å²) >= 11 is 7.62. The molecule has 3 heterocycles. The Morgan fingerprint density at radius 3 is 3.15 bits per heavy atom. The van der Waals surface area contributed by atoms with Crippen LogP contribution in [0, 0.1) is 0 Å². The maximum absolute atomic E-state index is 12.3. The number of nitrogens with one attached hydrogen (secondary N) is 2. The van der Waals surface area contributed by atoms with E-state index in [1.807, 2.05) is 41.1 Å². The van der Waals surface area contributed by atoms with Crippen molar-refractivity contribution in [3.05, 3.63) is 57.8 Å². The minimum Gasteiger partial charge on any atom is -0.346 e. The molecule has 1 unspecified atom stereocenters. The van der Waals surface area contributed by atoms with E-state index in [1.165, 1.54) is 17.4 Å². The highest BCUT2D eigenvalue weighted by Gasteiger charge is 2.17. The first-order valence-electron chi connectivity index (χ1n) is 8.53. The minimum atomic E-state index is -0.213. The molecule has 0 bridgehead atoms. The SMILES string of the molecule is CC(NC(=O)C=Cc1c(Cl)nc2sccn12)c1ccc2c(c1)CCC(=O)N2. The van der Waals surface area contributed by atoms with Crippen LogP contribution in [0.1, 0.15) is 36.2 Å². The zero-order chi connectivity index (χ0) is 19.0. The molecule has 4 rings (SSSR count). The van der Waals surface area contributed by atoms with Crippen LogP contribution in [0.25, 0.3) is 11.0 Å². The largest absolute Gasteiger partial charge is 0.346 e. The number of aryl methyl sites for hydroxylation is 1. The Kier molecular flexibility index (Phi) is 4.72. The fourth-order valence-electron chi connectivity index (χ4n) is 3.10. The first kappa shape index (κ1) is 17.8. The molecule has 8 heteroatoms. The molecule has 2 amide bonds. The topological polar surface area (TPSA) is 75.5 Å². The van der Waals surface area contributed by atoms with Crippen LogP contribution in [0.4, 0.5) is 5.69 Å². The van der Waals surface area contributed by atoms with Gasteiger partial charge in [-0.3, -0.25) is 14.0 Å². The lowest BCUT2D eigenvalue weighted by Crippen LogP contribution is -2.25. The Bertz CT molecular complexity index is 1070. The van der Waals surface area contributed by atoms with Crippen molar-refractivity contribution in [1.29, 1.82) is 0 Å². The molecule has 0 saturated carbocycles. The fraction of sp³-hybridized carbons (Fsp3) is 0.211. The maximum Gasteiger partial charge on any atom is 0.244 e. The number of hydrogen-bond acceptors (Lipinski definition) is 4. The van der Waals surface area contributed by atoms with Crippen LogP contribution in [-0.4, -0.2) is 21.2 Å². The highest BCUT2D eigenvalue weighted by Crippen LogP contribution is 2.26. The summed E-state index contributed by atoms with van der Waals surface area (Å²) in [7, 11) is 0. The lowest BCUT2D eigenvalue weighted by atomic mass is 9.98. The van der Waals surface area contributed by atoms with Gasteiger partial charge in [0.15, 0.2) is 10.1 Å². The van der Waals surface area contributed by atoms with Gasteiger partial charge in [-0.25, -0.2) is 4.98 Å². The number of thiazole rings is 1. The Labute approximate surface area is 164 Å². The molecule has 0 spiro atoms. The number of anilines is 1. The monoisotopic (exact) mass is 400 g/mol. The lowest BCUT2D eigenvalue weighted by Gasteiger charge is -2.20. The molecule has 27 heavy (non-hydrogen) atoms. The Balaban J connectivity index is 1.46. The number of carbonyl (C=O) groups excluding carboxylic acids is 2. The van der Waals surface area contributed by atoms with Gasteiger partial charge in [-0.05, 0) is 36.6 Å². The molecule has 6 nitrogen and oxygen atoms in total. The molecule has 1 aliphatic heterocycles. The van der Waals surface area contributed by atoms with Gasteiger partial charge in [0.1, 0.15) is 0 Å². The van der Waals surface area contributed by atoms with Crippen LogP contribution in [0.3, 0.4) is 0 Å². The quantitative estimate of drug-likeness (QED) is 0.653. The van der Waals surface area contributed by atoms with Crippen molar-refractivity contribution in [1.82, 2.24) is 14.7 Å². The predicted molar refractivity (Wildman–Crippen MR) is 107 cm³/mol. The first-order chi connectivity index (χ1) is 13.0. The zero-order valence-electron chi connectivity index (χ0n) is 14.5. The summed E-state index contributed by atoms with van der Waals surface area (Å²) in [6.45, 7) is 1.93. The van der Waals surface area contributed by atoms with Crippen LogP contribution in [0.2, 0.25) is 5.15 Å². The summed E-state index contributed by atoms with van der Waals surface area (Å²) in [6, 6.07) is 5.68. The predicted octanol–water partition coefficient (Wildman–Crippen LogP) is 3.82.